The summed E-state index contributed by atoms with van der Waals surface area (Å²) >= 11 is 8.24. The number of carbonyl (C=O) groups excluding carboxylic acids is 8. The zero-order valence-corrected chi connectivity index (χ0v) is 36.2. The number of carboxylic acids is 1. The largest absolute Gasteiger partial charge is 0.508 e. The van der Waals surface area contributed by atoms with E-state index in [9.17, 15) is 53.4 Å². The molecule has 3 aromatic rings. The molecule has 0 saturated heterocycles. The van der Waals surface area contributed by atoms with Crippen molar-refractivity contribution in [3.05, 3.63) is 65.9 Å². The van der Waals surface area contributed by atoms with E-state index in [1.807, 2.05) is 0 Å². The molecule has 1 aromatic heterocycles. The van der Waals surface area contributed by atoms with Gasteiger partial charge in [-0.2, -0.15) is 25.3 Å². The Balaban J connectivity index is 1.84. The molecule has 2 aromatic carbocycles. The summed E-state index contributed by atoms with van der Waals surface area (Å²) in [5, 5.41) is 37.2. The number of amides is 8. The summed E-state index contributed by atoms with van der Waals surface area (Å²) < 4.78 is 0. The molecule has 0 aliphatic rings. The number of phenolic OH excluding ortho intramolecular Hbond substituents is 1. The number of carboxylic acid groups (broad SMARTS) is 1. The molecular formula is C40H53N9O11S2. The Kier molecular flexibility index (Phi) is 19.1. The normalized spacial score (nSPS) is 14.4. The fraction of sp³-hybridized carbons (Fsp3) is 0.425. The zero-order valence-electron chi connectivity index (χ0n) is 34.4. The van der Waals surface area contributed by atoms with Gasteiger partial charge in [-0.15, -0.1) is 0 Å². The van der Waals surface area contributed by atoms with Crippen LogP contribution in [0.15, 0.2) is 54.7 Å². The smallest absolute Gasteiger partial charge is 0.305 e. The molecular weight excluding hydrogens is 847 g/mol. The number of primary amides is 1. The van der Waals surface area contributed by atoms with Gasteiger partial charge in [0.15, 0.2) is 0 Å². The number of hydrogen-bond acceptors (Lipinski definition) is 12. The van der Waals surface area contributed by atoms with Crippen LogP contribution in [-0.4, -0.2) is 122 Å². The maximum atomic E-state index is 14.2. The first kappa shape index (κ1) is 50.1. The third-order valence-electron chi connectivity index (χ3n) is 9.47. The highest BCUT2D eigenvalue weighted by Crippen LogP contribution is 2.20. The second kappa shape index (κ2) is 23.6. The number of aliphatic carboxylic acids is 1. The van der Waals surface area contributed by atoms with Crippen LogP contribution in [0.3, 0.4) is 0 Å². The Bertz CT molecular complexity index is 2120. The topological polar surface area (TPSA) is 320 Å². The van der Waals surface area contributed by atoms with Gasteiger partial charge in [0.05, 0.1) is 6.42 Å². The van der Waals surface area contributed by atoms with Gasteiger partial charge in [0.2, 0.25) is 47.3 Å². The second-order valence-electron chi connectivity index (χ2n) is 14.8. The molecule has 0 aliphatic carbocycles. The van der Waals surface area contributed by atoms with Crippen molar-refractivity contribution >= 4 is 89.4 Å². The van der Waals surface area contributed by atoms with Crippen LogP contribution in [0.2, 0.25) is 0 Å². The van der Waals surface area contributed by atoms with Crippen LogP contribution in [0.5, 0.6) is 5.75 Å². The number of thiol groups is 2. The molecule has 62 heavy (non-hydrogen) atoms. The van der Waals surface area contributed by atoms with Gasteiger partial charge in [0.1, 0.15) is 48.0 Å². The molecule has 0 spiro atoms. The summed E-state index contributed by atoms with van der Waals surface area (Å²) in [6.07, 6.45) is 0.479. The van der Waals surface area contributed by atoms with Crippen molar-refractivity contribution in [3.63, 3.8) is 0 Å². The molecule has 0 aliphatic heterocycles. The summed E-state index contributed by atoms with van der Waals surface area (Å²) in [6, 6.07) is 3.51. The Morgan fingerprint density at radius 1 is 0.645 bits per heavy atom. The number of nitrogens with two attached hydrogens (primary N) is 1. The van der Waals surface area contributed by atoms with E-state index in [1.165, 1.54) is 26.0 Å². The highest BCUT2D eigenvalue weighted by atomic mass is 32.1. The van der Waals surface area contributed by atoms with E-state index in [1.54, 1.807) is 56.4 Å². The summed E-state index contributed by atoms with van der Waals surface area (Å²) in [6.45, 7) is 5.68. The molecule has 22 heteroatoms. The van der Waals surface area contributed by atoms with Crippen molar-refractivity contribution in [1.82, 2.24) is 42.2 Å². The lowest BCUT2D eigenvalue weighted by Gasteiger charge is -2.28. The van der Waals surface area contributed by atoms with Crippen LogP contribution >= 0.6 is 25.3 Å². The van der Waals surface area contributed by atoms with Crippen LogP contribution in [0.1, 0.15) is 45.2 Å². The number of rotatable bonds is 23. The highest BCUT2D eigenvalue weighted by Gasteiger charge is 2.35. The number of benzene rings is 2. The van der Waals surface area contributed by atoms with Gasteiger partial charge in [0, 0.05) is 48.4 Å². The SMILES string of the molecule is CC(=O)N[C@@H](CS)C(=O)N[C@@H](C)C(=O)N[C@@H](CC(=O)O)C(=O)N[C@@H](Cc1c[nH]c2ccccc12)C(=O)N[C@H](C(=O)N[C@@H](CS)C(=O)N[C@@H](Cc1ccc(O)cc1)C(N)=O)C(C)C. The van der Waals surface area contributed by atoms with Crippen LogP contribution in [0.25, 0.3) is 10.9 Å². The predicted molar refractivity (Wildman–Crippen MR) is 233 cm³/mol. The van der Waals surface area contributed by atoms with Crippen molar-refractivity contribution in [1.29, 1.82) is 0 Å². The number of nitrogens with one attached hydrogen (secondary N) is 8. The van der Waals surface area contributed by atoms with E-state index in [2.05, 4.69) is 67.5 Å². The Hall–Kier alpha value is -6.29. The quantitative estimate of drug-likeness (QED) is 0.0490. The van der Waals surface area contributed by atoms with Gasteiger partial charge in [0.25, 0.3) is 0 Å². The number of aromatic nitrogens is 1. The van der Waals surface area contributed by atoms with Crippen LogP contribution < -0.4 is 43.0 Å². The first-order valence-electron chi connectivity index (χ1n) is 19.4. The molecule has 3 rings (SSSR count). The van der Waals surface area contributed by atoms with Gasteiger partial charge in [-0.3, -0.25) is 43.2 Å². The van der Waals surface area contributed by atoms with E-state index in [0.29, 0.717) is 22.0 Å². The minimum atomic E-state index is -1.76. The van der Waals surface area contributed by atoms with E-state index in [0.717, 1.165) is 0 Å². The Labute approximate surface area is 367 Å². The molecule has 0 radical (unpaired) electrons. The number of para-hydroxylation sites is 1. The average Bonchev–Trinajstić information content (AvgIpc) is 3.62. The number of phenols is 1. The maximum absolute atomic E-state index is 14.2. The molecule has 12 N–H and O–H groups in total. The number of fused-ring (bicyclic) bond motifs is 1. The molecule has 0 bridgehead atoms. The summed E-state index contributed by atoms with van der Waals surface area (Å²) in [5.74, 6) is -9.13. The predicted octanol–water partition coefficient (Wildman–Crippen LogP) is -1.43. The molecule has 336 valence electrons. The fourth-order valence-electron chi connectivity index (χ4n) is 6.11. The van der Waals surface area contributed by atoms with E-state index >= 15 is 0 Å². The molecule has 8 amide bonds. The Morgan fingerprint density at radius 2 is 1.18 bits per heavy atom. The minimum absolute atomic E-state index is 0.00489. The highest BCUT2D eigenvalue weighted by molar-refractivity contribution is 7.80. The van der Waals surface area contributed by atoms with Gasteiger partial charge >= 0.3 is 5.97 Å². The van der Waals surface area contributed by atoms with Crippen LogP contribution in [0.4, 0.5) is 0 Å². The lowest BCUT2D eigenvalue weighted by atomic mass is 10.00. The summed E-state index contributed by atoms with van der Waals surface area (Å²) in [7, 11) is 0. The standard InChI is InChI=1S/C40H53N9O11S2/c1-19(2)33(40(60)48-31(18-62)39(59)45-27(34(41)54)13-22-9-11-24(51)12-10-22)49-37(57)28(14-23-16-42-26-8-6-5-7-25(23)26)47-36(56)29(15-32(52)53)46-35(55)20(3)43-38(58)30(17-61)44-21(4)50/h5-12,16,19-20,27-31,33,42,51,61-62H,13-15,17-18H2,1-4H3,(H2,41,54)(H,43,58)(H,44,50)(H,45,59)(H,46,55)(H,47,56)(H,48,60)(H,49,57)(H,52,53)/t20-,27-,28-,29-,30-,31-,33-/m0/s1. The monoisotopic (exact) mass is 899 g/mol. The zero-order chi connectivity index (χ0) is 46.3. The number of aromatic hydroxyl groups is 1. The molecule has 0 saturated carbocycles. The van der Waals surface area contributed by atoms with E-state index in [-0.39, 0.29) is 30.1 Å². The summed E-state index contributed by atoms with van der Waals surface area (Å²) in [5.41, 5.74) is 7.39. The molecule has 7 atom stereocenters. The minimum Gasteiger partial charge on any atom is -0.508 e. The third kappa shape index (κ3) is 15.0. The number of aromatic amines is 1. The first-order chi connectivity index (χ1) is 29.2. The van der Waals surface area contributed by atoms with Crippen molar-refractivity contribution in [2.75, 3.05) is 11.5 Å². The number of hydrogen-bond donors (Lipinski definition) is 13. The van der Waals surface area contributed by atoms with Crippen molar-refractivity contribution < 1.29 is 53.4 Å². The van der Waals surface area contributed by atoms with E-state index < -0.39 is 108 Å². The van der Waals surface area contributed by atoms with Crippen molar-refractivity contribution in [2.24, 2.45) is 11.7 Å². The lowest BCUT2D eigenvalue weighted by molar-refractivity contribution is -0.141. The number of carbonyl (C=O) groups is 9. The summed E-state index contributed by atoms with van der Waals surface area (Å²) in [4.78, 5) is 120. The first-order valence-corrected chi connectivity index (χ1v) is 20.7. The Morgan fingerprint density at radius 3 is 1.76 bits per heavy atom. The molecule has 1 heterocycles. The second-order valence-corrected chi connectivity index (χ2v) is 15.5. The van der Waals surface area contributed by atoms with Crippen LogP contribution in [0, 0.1) is 5.92 Å². The van der Waals surface area contributed by atoms with Gasteiger partial charge in [-0.1, -0.05) is 44.2 Å². The van der Waals surface area contributed by atoms with Gasteiger partial charge in [-0.05, 0) is 42.2 Å². The molecule has 0 unspecified atom stereocenters. The molecule has 20 nitrogen and oxygen atoms in total. The van der Waals surface area contributed by atoms with Gasteiger partial charge in [-0.25, -0.2) is 0 Å². The third-order valence-corrected chi connectivity index (χ3v) is 10.2. The van der Waals surface area contributed by atoms with Crippen molar-refractivity contribution in [3.8, 4) is 5.75 Å². The lowest BCUT2D eigenvalue weighted by Crippen LogP contribution is -2.61. The van der Waals surface area contributed by atoms with Crippen molar-refractivity contribution in [2.45, 2.75) is 89.3 Å². The number of H-pyrrole nitrogens is 1. The van der Waals surface area contributed by atoms with E-state index in [4.69, 9.17) is 5.73 Å². The fourth-order valence-corrected chi connectivity index (χ4v) is 6.62. The average molecular weight is 900 g/mol. The maximum Gasteiger partial charge on any atom is 0.305 e. The van der Waals surface area contributed by atoms with Gasteiger partial charge < -0.3 is 58.1 Å². The van der Waals surface area contributed by atoms with Crippen LogP contribution in [-0.2, 0) is 56.0 Å². The molecule has 0 fully saturated rings.